The lowest BCUT2D eigenvalue weighted by atomic mass is 10.1. The summed E-state index contributed by atoms with van der Waals surface area (Å²) in [4.78, 5) is 73.1. The number of carbonyl (C=O) groups excluding carboxylic acids is 5. The largest absolute Gasteiger partial charge is 0.423 e. The predicted molar refractivity (Wildman–Crippen MR) is 241 cm³/mol. The highest BCUT2D eigenvalue weighted by atomic mass is 17.2. The van der Waals surface area contributed by atoms with Crippen molar-refractivity contribution >= 4 is 29.8 Å². The van der Waals surface area contributed by atoms with E-state index >= 15 is 0 Å². The van der Waals surface area contributed by atoms with Crippen molar-refractivity contribution in [3.05, 3.63) is 0 Å². The SMILES string of the molecule is CCCCCCCCCCC(=O)OOC(=O)CCCCCCCCCCC(OC(=O)CCCCCCC)(OC(=O)CCCCCCCC)OC(=O)CCCCCCCCC. The molecule has 0 aromatic carbocycles. The highest BCUT2D eigenvalue weighted by Crippen LogP contribution is 2.28. The van der Waals surface area contributed by atoms with Crippen molar-refractivity contribution in [1.82, 2.24) is 0 Å². The molecule has 352 valence electrons. The van der Waals surface area contributed by atoms with Crippen LogP contribution in [0.25, 0.3) is 0 Å². The Morgan fingerprint density at radius 1 is 0.267 bits per heavy atom. The Balaban J connectivity index is 4.95. The Morgan fingerprint density at radius 2 is 0.467 bits per heavy atom. The summed E-state index contributed by atoms with van der Waals surface area (Å²) in [6, 6.07) is 0. The zero-order chi connectivity index (χ0) is 44.2. The molecule has 0 saturated carbocycles. The molecule has 10 nitrogen and oxygen atoms in total. The number of esters is 3. The van der Waals surface area contributed by atoms with Crippen molar-refractivity contribution in [3.63, 3.8) is 0 Å². The summed E-state index contributed by atoms with van der Waals surface area (Å²) in [5, 5.41) is 0. The summed E-state index contributed by atoms with van der Waals surface area (Å²) < 4.78 is 17.7. The maximum atomic E-state index is 13.3. The second-order valence-corrected chi connectivity index (χ2v) is 17.1. The van der Waals surface area contributed by atoms with Crippen molar-refractivity contribution in [3.8, 4) is 0 Å². The van der Waals surface area contributed by atoms with Gasteiger partial charge in [-0.05, 0) is 38.5 Å². The van der Waals surface area contributed by atoms with Crippen LogP contribution in [0.2, 0.25) is 0 Å². The van der Waals surface area contributed by atoms with Gasteiger partial charge in [-0.25, -0.2) is 19.4 Å². The van der Waals surface area contributed by atoms with Gasteiger partial charge in [0.2, 0.25) is 0 Å². The van der Waals surface area contributed by atoms with E-state index < -0.39 is 35.8 Å². The molecule has 0 amide bonds. The Bertz CT molecular complexity index is 1050. The summed E-state index contributed by atoms with van der Waals surface area (Å²) in [5.41, 5.74) is 0. The molecule has 0 aromatic heterocycles. The van der Waals surface area contributed by atoms with E-state index in [-0.39, 0.29) is 38.5 Å². The number of unbranched alkanes of at least 4 members (excludes halogenated alkanes) is 29. The smallest absolute Gasteiger partial charge is 0.388 e. The number of ether oxygens (including phenoxy) is 3. The molecule has 0 aliphatic carbocycles. The van der Waals surface area contributed by atoms with Gasteiger partial charge in [-0.2, -0.15) is 0 Å². The molecule has 0 radical (unpaired) electrons. The topological polar surface area (TPSA) is 132 Å². The summed E-state index contributed by atoms with van der Waals surface area (Å²) in [6.45, 7) is 8.71. The number of hydrogen-bond donors (Lipinski definition) is 0. The molecule has 0 spiro atoms. The summed E-state index contributed by atoms with van der Waals surface area (Å²) in [6.07, 6.45) is 35.2. The molecule has 1 unspecified atom stereocenters. The van der Waals surface area contributed by atoms with Crippen LogP contribution in [0.5, 0.6) is 0 Å². The molecule has 1 atom stereocenters. The fourth-order valence-corrected chi connectivity index (χ4v) is 7.29. The standard InChI is InChI=1S/C50H92O10/c1-5-9-13-17-20-24-30-36-42-48(54)59-60-49(55)43-37-31-25-21-22-26-32-38-44-50(56-45(51)39-33-27-16-12-8-4,57-46(52)40-34-28-19-15-11-7-3)58-47(53)41-35-29-23-18-14-10-6-2/h5-44H2,1-4H3. The Hall–Kier alpha value is -2.65. The molecular formula is C50H92O10. The first-order valence-corrected chi connectivity index (χ1v) is 25.3. The first-order chi connectivity index (χ1) is 29.2. The molecule has 10 heteroatoms. The van der Waals surface area contributed by atoms with Gasteiger partial charge in [-0.1, -0.05) is 207 Å². The summed E-state index contributed by atoms with van der Waals surface area (Å²) >= 11 is 0. The Kier molecular flexibility index (Phi) is 41.1. The van der Waals surface area contributed by atoms with Crippen LogP contribution < -0.4 is 0 Å². The highest BCUT2D eigenvalue weighted by Gasteiger charge is 2.43. The van der Waals surface area contributed by atoms with E-state index in [0.717, 1.165) is 128 Å². The maximum absolute atomic E-state index is 13.3. The third kappa shape index (κ3) is 38.3. The number of carbonyl (C=O) groups is 5. The van der Waals surface area contributed by atoms with E-state index in [9.17, 15) is 24.0 Å². The first-order valence-electron chi connectivity index (χ1n) is 25.3. The average Bonchev–Trinajstić information content (AvgIpc) is 3.22. The van der Waals surface area contributed by atoms with Gasteiger partial charge in [-0.15, -0.1) is 0 Å². The lowest BCUT2D eigenvalue weighted by Crippen LogP contribution is -2.44. The Morgan fingerprint density at radius 3 is 0.717 bits per heavy atom. The summed E-state index contributed by atoms with van der Waals surface area (Å²) in [7, 11) is 0. The van der Waals surface area contributed by atoms with Crippen LogP contribution >= 0.6 is 0 Å². The molecule has 0 bridgehead atoms. The lowest BCUT2D eigenvalue weighted by Gasteiger charge is -2.31. The zero-order valence-corrected chi connectivity index (χ0v) is 39.4. The molecule has 0 aromatic rings. The monoisotopic (exact) mass is 853 g/mol. The Labute approximate surface area is 367 Å². The van der Waals surface area contributed by atoms with Gasteiger partial charge in [0.25, 0.3) is 0 Å². The minimum absolute atomic E-state index is 0.103. The van der Waals surface area contributed by atoms with Crippen LogP contribution in [0, 0.1) is 0 Å². The van der Waals surface area contributed by atoms with Gasteiger partial charge in [0.05, 0.1) is 19.3 Å². The van der Waals surface area contributed by atoms with Crippen molar-refractivity contribution in [1.29, 1.82) is 0 Å². The second-order valence-electron chi connectivity index (χ2n) is 17.1. The molecule has 0 fully saturated rings. The van der Waals surface area contributed by atoms with E-state index in [4.69, 9.17) is 24.0 Å². The molecule has 0 saturated heterocycles. The van der Waals surface area contributed by atoms with Crippen LogP contribution in [0.3, 0.4) is 0 Å². The van der Waals surface area contributed by atoms with E-state index in [1.807, 2.05) is 0 Å². The van der Waals surface area contributed by atoms with Gasteiger partial charge in [0.1, 0.15) is 0 Å². The van der Waals surface area contributed by atoms with Crippen LogP contribution in [0.15, 0.2) is 0 Å². The minimum atomic E-state index is -2.05. The van der Waals surface area contributed by atoms with Gasteiger partial charge >= 0.3 is 35.8 Å². The molecular weight excluding hydrogens is 761 g/mol. The number of rotatable bonds is 44. The van der Waals surface area contributed by atoms with Crippen LogP contribution in [0.4, 0.5) is 0 Å². The van der Waals surface area contributed by atoms with Crippen LogP contribution in [-0.4, -0.2) is 35.8 Å². The van der Waals surface area contributed by atoms with Crippen molar-refractivity contribution in [2.75, 3.05) is 0 Å². The highest BCUT2D eigenvalue weighted by molar-refractivity contribution is 5.74. The second kappa shape index (κ2) is 43.0. The first kappa shape index (κ1) is 57.3. The predicted octanol–water partition coefficient (Wildman–Crippen LogP) is 15.0. The zero-order valence-electron chi connectivity index (χ0n) is 39.4. The average molecular weight is 853 g/mol. The molecule has 0 heterocycles. The van der Waals surface area contributed by atoms with Gasteiger partial charge in [0, 0.05) is 19.3 Å². The number of hydrogen-bond acceptors (Lipinski definition) is 10. The van der Waals surface area contributed by atoms with E-state index in [2.05, 4.69) is 27.7 Å². The fourth-order valence-electron chi connectivity index (χ4n) is 7.29. The molecule has 0 aliphatic rings. The van der Waals surface area contributed by atoms with Crippen LogP contribution in [0.1, 0.15) is 285 Å². The molecule has 0 rings (SSSR count). The summed E-state index contributed by atoms with van der Waals surface area (Å²) in [5.74, 6) is -4.58. The molecule has 0 aliphatic heterocycles. The molecule has 60 heavy (non-hydrogen) atoms. The third-order valence-corrected chi connectivity index (χ3v) is 11.1. The lowest BCUT2D eigenvalue weighted by molar-refractivity contribution is -0.333. The molecule has 0 N–H and O–H groups in total. The minimum Gasteiger partial charge on any atom is -0.388 e. The third-order valence-electron chi connectivity index (χ3n) is 11.1. The van der Waals surface area contributed by atoms with Gasteiger partial charge in [-0.3, -0.25) is 14.4 Å². The van der Waals surface area contributed by atoms with E-state index in [0.29, 0.717) is 32.1 Å². The van der Waals surface area contributed by atoms with Gasteiger partial charge in [0.15, 0.2) is 0 Å². The van der Waals surface area contributed by atoms with E-state index in [1.165, 1.54) is 57.8 Å². The van der Waals surface area contributed by atoms with E-state index in [1.54, 1.807) is 0 Å². The normalized spacial score (nSPS) is 12.1. The van der Waals surface area contributed by atoms with Crippen LogP contribution in [-0.2, 0) is 48.0 Å². The maximum Gasteiger partial charge on any atom is 0.423 e. The quantitative estimate of drug-likeness (QED) is 0.0192. The van der Waals surface area contributed by atoms with Gasteiger partial charge < -0.3 is 14.2 Å². The van der Waals surface area contributed by atoms with Crippen molar-refractivity contribution < 1.29 is 48.0 Å². The van der Waals surface area contributed by atoms with Crippen molar-refractivity contribution in [2.45, 2.75) is 291 Å². The fraction of sp³-hybridized carbons (Fsp3) is 0.900. The van der Waals surface area contributed by atoms with Crippen molar-refractivity contribution in [2.24, 2.45) is 0 Å².